The molecular weight excluding hydrogens is 228 g/mol. The zero-order valence-corrected chi connectivity index (χ0v) is 9.82. The zero-order valence-electron chi connectivity index (χ0n) is 8.19. The molecular formula is C7H14O5S2. The van der Waals surface area contributed by atoms with Gasteiger partial charge in [0.05, 0.1) is 11.5 Å². The van der Waals surface area contributed by atoms with Gasteiger partial charge in [0.25, 0.3) is 0 Å². The standard InChI is InChI=1S/C7H14O5S2/c1-13(9,10)5-3-7(8)4-6-14(2,11)12/h3-6H2,1-2H3. The van der Waals surface area contributed by atoms with Gasteiger partial charge in [-0.05, 0) is 0 Å². The number of Topliss-reactive ketones (excluding diaryl/α,β-unsaturated/α-hetero) is 1. The van der Waals surface area contributed by atoms with Gasteiger partial charge in [-0.3, -0.25) is 4.79 Å². The Hall–Kier alpha value is -0.430. The van der Waals surface area contributed by atoms with E-state index in [4.69, 9.17) is 0 Å². The summed E-state index contributed by atoms with van der Waals surface area (Å²) in [5, 5.41) is 0. The summed E-state index contributed by atoms with van der Waals surface area (Å²) in [4.78, 5) is 11.0. The van der Waals surface area contributed by atoms with E-state index >= 15 is 0 Å². The van der Waals surface area contributed by atoms with E-state index in [1.165, 1.54) is 0 Å². The predicted molar refractivity (Wildman–Crippen MR) is 53.7 cm³/mol. The Kier molecular flexibility index (Phi) is 4.73. The lowest BCUT2D eigenvalue weighted by Gasteiger charge is -1.98. The van der Waals surface area contributed by atoms with Crippen molar-refractivity contribution < 1.29 is 21.6 Å². The maximum atomic E-state index is 11.0. The third-order valence-corrected chi connectivity index (χ3v) is 3.39. The van der Waals surface area contributed by atoms with Crippen molar-refractivity contribution in [1.29, 1.82) is 0 Å². The summed E-state index contributed by atoms with van der Waals surface area (Å²) in [7, 11) is -6.29. The highest BCUT2D eigenvalue weighted by molar-refractivity contribution is 7.91. The molecule has 0 unspecified atom stereocenters. The summed E-state index contributed by atoms with van der Waals surface area (Å²) >= 11 is 0. The molecule has 84 valence electrons. The summed E-state index contributed by atoms with van der Waals surface area (Å²) in [6.07, 6.45) is 1.87. The van der Waals surface area contributed by atoms with Crippen molar-refractivity contribution in [3.63, 3.8) is 0 Å². The number of sulfone groups is 2. The Bertz CT molecular complexity index is 352. The highest BCUT2D eigenvalue weighted by atomic mass is 32.2. The second-order valence-corrected chi connectivity index (χ2v) is 7.82. The predicted octanol–water partition coefficient (Wildman–Crippen LogP) is -0.575. The molecule has 0 fully saturated rings. The first-order valence-electron chi connectivity index (χ1n) is 3.97. The molecule has 0 spiro atoms. The van der Waals surface area contributed by atoms with Gasteiger partial charge in [-0.15, -0.1) is 0 Å². The molecule has 0 saturated carbocycles. The lowest BCUT2D eigenvalue weighted by atomic mass is 10.2. The lowest BCUT2D eigenvalue weighted by molar-refractivity contribution is -0.118. The van der Waals surface area contributed by atoms with Crippen molar-refractivity contribution in [3.05, 3.63) is 0 Å². The van der Waals surface area contributed by atoms with E-state index in [2.05, 4.69) is 0 Å². The Labute approximate surface area is 84.3 Å². The van der Waals surface area contributed by atoms with Crippen molar-refractivity contribution in [1.82, 2.24) is 0 Å². The molecule has 0 amide bonds. The van der Waals surface area contributed by atoms with Gasteiger partial charge in [0.2, 0.25) is 0 Å². The summed E-state index contributed by atoms with van der Waals surface area (Å²) in [6, 6.07) is 0. The number of rotatable bonds is 6. The van der Waals surface area contributed by atoms with E-state index in [9.17, 15) is 21.6 Å². The first-order chi connectivity index (χ1) is 6.10. The summed E-state index contributed by atoms with van der Waals surface area (Å²) in [5.74, 6) is -0.758. The topological polar surface area (TPSA) is 85.3 Å². The van der Waals surface area contributed by atoms with Gasteiger partial charge in [-0.25, -0.2) is 16.8 Å². The second-order valence-electron chi connectivity index (χ2n) is 3.30. The van der Waals surface area contributed by atoms with Crippen LogP contribution in [0.5, 0.6) is 0 Å². The fourth-order valence-corrected chi connectivity index (χ4v) is 1.92. The van der Waals surface area contributed by atoms with Crippen molar-refractivity contribution in [2.24, 2.45) is 0 Å². The highest BCUT2D eigenvalue weighted by Gasteiger charge is 2.10. The van der Waals surface area contributed by atoms with Gasteiger partial charge in [-0.1, -0.05) is 0 Å². The van der Waals surface area contributed by atoms with E-state index in [1.54, 1.807) is 0 Å². The molecule has 0 rings (SSSR count). The normalized spacial score (nSPS) is 12.7. The Morgan fingerprint density at radius 2 is 1.14 bits per heavy atom. The molecule has 0 aliphatic carbocycles. The second kappa shape index (κ2) is 4.88. The van der Waals surface area contributed by atoms with Crippen LogP contribution in [0, 0.1) is 0 Å². The average molecular weight is 242 g/mol. The smallest absolute Gasteiger partial charge is 0.147 e. The number of carbonyl (C=O) groups excluding carboxylic acids is 1. The molecule has 5 nitrogen and oxygen atoms in total. The van der Waals surface area contributed by atoms with Gasteiger partial charge >= 0.3 is 0 Å². The average Bonchev–Trinajstić information content (AvgIpc) is 1.94. The van der Waals surface area contributed by atoms with Crippen LogP contribution in [0.4, 0.5) is 0 Å². The molecule has 0 saturated heterocycles. The minimum atomic E-state index is -3.14. The third-order valence-electron chi connectivity index (χ3n) is 1.50. The van der Waals surface area contributed by atoms with Crippen LogP contribution in [-0.4, -0.2) is 46.6 Å². The van der Waals surface area contributed by atoms with Crippen LogP contribution in [0.2, 0.25) is 0 Å². The van der Waals surface area contributed by atoms with E-state index in [1.807, 2.05) is 0 Å². The molecule has 0 radical (unpaired) electrons. The number of carbonyl (C=O) groups is 1. The minimum absolute atomic E-state index is 0.103. The molecule has 0 aromatic rings. The minimum Gasteiger partial charge on any atom is -0.300 e. The van der Waals surface area contributed by atoms with Crippen molar-refractivity contribution in [3.8, 4) is 0 Å². The van der Waals surface area contributed by atoms with Crippen LogP contribution in [0.3, 0.4) is 0 Å². The molecule has 0 aromatic heterocycles. The van der Waals surface area contributed by atoms with Gasteiger partial charge in [0, 0.05) is 25.4 Å². The first-order valence-corrected chi connectivity index (χ1v) is 8.09. The lowest BCUT2D eigenvalue weighted by Crippen LogP contribution is -2.13. The fourth-order valence-electron chi connectivity index (χ4n) is 0.723. The molecule has 0 bridgehead atoms. The molecule has 0 aliphatic heterocycles. The Morgan fingerprint density at radius 1 is 0.857 bits per heavy atom. The van der Waals surface area contributed by atoms with Crippen molar-refractivity contribution >= 4 is 25.5 Å². The quantitative estimate of drug-likeness (QED) is 0.622. The Morgan fingerprint density at radius 3 is 1.36 bits per heavy atom. The van der Waals surface area contributed by atoms with Crippen LogP contribution in [0.15, 0.2) is 0 Å². The van der Waals surface area contributed by atoms with Crippen LogP contribution >= 0.6 is 0 Å². The van der Waals surface area contributed by atoms with Crippen LogP contribution in [0.25, 0.3) is 0 Å². The zero-order chi connectivity index (χ0) is 11.4. The summed E-state index contributed by atoms with van der Waals surface area (Å²) in [6.45, 7) is 0. The monoisotopic (exact) mass is 242 g/mol. The largest absolute Gasteiger partial charge is 0.300 e. The third kappa shape index (κ3) is 9.66. The number of hydrogen-bond acceptors (Lipinski definition) is 5. The van der Waals surface area contributed by atoms with Crippen molar-refractivity contribution in [2.45, 2.75) is 12.8 Å². The molecule has 0 aliphatic rings. The first kappa shape index (κ1) is 13.6. The molecule has 7 heteroatoms. The van der Waals surface area contributed by atoms with Gasteiger partial charge in [0.15, 0.2) is 0 Å². The maximum absolute atomic E-state index is 11.0. The number of hydrogen-bond donors (Lipinski definition) is 0. The van der Waals surface area contributed by atoms with Crippen LogP contribution < -0.4 is 0 Å². The molecule has 0 N–H and O–H groups in total. The maximum Gasteiger partial charge on any atom is 0.147 e. The van der Waals surface area contributed by atoms with E-state index in [0.29, 0.717) is 0 Å². The molecule has 0 aromatic carbocycles. The molecule has 0 atom stereocenters. The van der Waals surface area contributed by atoms with E-state index in [-0.39, 0.29) is 30.1 Å². The van der Waals surface area contributed by atoms with Gasteiger partial charge in [-0.2, -0.15) is 0 Å². The SMILES string of the molecule is CS(=O)(=O)CCC(=O)CCS(C)(=O)=O. The van der Waals surface area contributed by atoms with E-state index in [0.717, 1.165) is 12.5 Å². The fraction of sp³-hybridized carbons (Fsp3) is 0.857. The summed E-state index contributed by atoms with van der Waals surface area (Å²) in [5.41, 5.74) is 0. The van der Waals surface area contributed by atoms with E-state index < -0.39 is 19.7 Å². The molecule has 14 heavy (non-hydrogen) atoms. The van der Waals surface area contributed by atoms with Gasteiger partial charge in [0.1, 0.15) is 25.5 Å². The van der Waals surface area contributed by atoms with Crippen molar-refractivity contribution in [2.75, 3.05) is 24.0 Å². The van der Waals surface area contributed by atoms with Gasteiger partial charge < -0.3 is 0 Å². The van der Waals surface area contributed by atoms with Crippen LogP contribution in [0.1, 0.15) is 12.8 Å². The van der Waals surface area contributed by atoms with Crippen LogP contribution in [-0.2, 0) is 24.5 Å². The summed E-state index contributed by atoms with van der Waals surface area (Å²) < 4.78 is 42.7. The Balaban J connectivity index is 3.91. The number of ketones is 1. The molecule has 0 heterocycles. The highest BCUT2D eigenvalue weighted by Crippen LogP contribution is 1.97.